The Bertz CT molecular complexity index is 557. The quantitative estimate of drug-likeness (QED) is 0.670. The number of carbonyl (C=O) groups is 1. The number of anilines is 1. The van der Waals surface area contributed by atoms with Gasteiger partial charge in [-0.3, -0.25) is 0 Å². The van der Waals surface area contributed by atoms with Gasteiger partial charge in [-0.2, -0.15) is 0 Å². The second-order valence-corrected chi connectivity index (χ2v) is 6.09. The Morgan fingerprint density at radius 2 is 1.90 bits per heavy atom. The van der Waals surface area contributed by atoms with Gasteiger partial charge in [0.25, 0.3) is 0 Å². The van der Waals surface area contributed by atoms with Gasteiger partial charge in [-0.1, -0.05) is 13.8 Å². The van der Waals surface area contributed by atoms with Crippen molar-refractivity contribution in [3.05, 3.63) is 17.7 Å². The van der Waals surface area contributed by atoms with Crippen LogP contribution in [0.3, 0.4) is 0 Å². The van der Waals surface area contributed by atoms with Gasteiger partial charge in [-0.05, 0) is 31.1 Å². The first-order valence-electron chi connectivity index (χ1n) is 7.44. The molecule has 114 valence electrons. The fraction of sp³-hybridized carbons (Fsp3) is 0.562. The highest BCUT2D eigenvalue weighted by Crippen LogP contribution is 2.37. The average molecular weight is 291 g/mol. The van der Waals surface area contributed by atoms with E-state index < -0.39 is 0 Å². The smallest absolute Gasteiger partial charge is 0.340 e. The fourth-order valence-corrected chi connectivity index (χ4v) is 2.95. The van der Waals surface area contributed by atoms with Gasteiger partial charge in [0.05, 0.1) is 11.3 Å². The summed E-state index contributed by atoms with van der Waals surface area (Å²) < 4.78 is 16.1. The molecule has 1 aliphatic heterocycles. The second kappa shape index (κ2) is 5.47. The number of esters is 1. The van der Waals surface area contributed by atoms with E-state index in [-0.39, 0.29) is 18.9 Å². The Balaban J connectivity index is 1.71. The summed E-state index contributed by atoms with van der Waals surface area (Å²) in [5.74, 6) is 2.00. The van der Waals surface area contributed by atoms with Crippen molar-refractivity contribution in [3.8, 4) is 11.5 Å². The summed E-state index contributed by atoms with van der Waals surface area (Å²) in [4.78, 5) is 12.3. The molecular formula is C16H21NO4. The van der Waals surface area contributed by atoms with Gasteiger partial charge in [-0.25, -0.2) is 4.79 Å². The van der Waals surface area contributed by atoms with Crippen molar-refractivity contribution in [1.82, 2.24) is 0 Å². The van der Waals surface area contributed by atoms with Crippen LogP contribution in [0.5, 0.6) is 11.5 Å². The molecule has 0 radical (unpaired) electrons. The van der Waals surface area contributed by atoms with Crippen LogP contribution in [-0.4, -0.2) is 18.9 Å². The van der Waals surface area contributed by atoms with E-state index in [4.69, 9.17) is 19.9 Å². The second-order valence-electron chi connectivity index (χ2n) is 6.09. The highest BCUT2D eigenvalue weighted by atomic mass is 16.7. The van der Waals surface area contributed by atoms with Crippen LogP contribution in [0, 0.1) is 11.8 Å². The Morgan fingerprint density at radius 1 is 1.19 bits per heavy atom. The van der Waals surface area contributed by atoms with Crippen LogP contribution in [0.2, 0.25) is 0 Å². The molecule has 2 aliphatic rings. The lowest BCUT2D eigenvalue weighted by molar-refractivity contribution is 0.00887. The van der Waals surface area contributed by atoms with Crippen molar-refractivity contribution in [1.29, 1.82) is 0 Å². The minimum Gasteiger partial charge on any atom is -0.459 e. The van der Waals surface area contributed by atoms with Gasteiger partial charge >= 0.3 is 5.97 Å². The molecule has 1 saturated carbocycles. The zero-order valence-electron chi connectivity index (χ0n) is 12.4. The molecule has 1 aliphatic carbocycles. The van der Waals surface area contributed by atoms with Gasteiger partial charge in [0.15, 0.2) is 11.5 Å². The highest BCUT2D eigenvalue weighted by Gasteiger charge is 2.28. The lowest BCUT2D eigenvalue weighted by atomic mass is 9.80. The molecule has 0 saturated heterocycles. The molecule has 3 atom stereocenters. The Morgan fingerprint density at radius 3 is 2.62 bits per heavy atom. The molecule has 1 heterocycles. The van der Waals surface area contributed by atoms with Crippen LogP contribution >= 0.6 is 0 Å². The minimum atomic E-state index is -0.377. The normalized spacial score (nSPS) is 27.4. The van der Waals surface area contributed by atoms with E-state index in [0.29, 0.717) is 34.6 Å². The molecular weight excluding hydrogens is 270 g/mol. The number of fused-ring (bicyclic) bond motifs is 1. The molecule has 1 fully saturated rings. The molecule has 1 aromatic carbocycles. The summed E-state index contributed by atoms with van der Waals surface area (Å²) in [6.07, 6.45) is 2.91. The molecule has 21 heavy (non-hydrogen) atoms. The summed E-state index contributed by atoms with van der Waals surface area (Å²) >= 11 is 0. The third kappa shape index (κ3) is 2.77. The number of ether oxygens (including phenoxy) is 3. The largest absolute Gasteiger partial charge is 0.459 e. The number of hydrogen-bond acceptors (Lipinski definition) is 5. The Hall–Kier alpha value is -1.91. The van der Waals surface area contributed by atoms with Crippen molar-refractivity contribution >= 4 is 11.7 Å². The van der Waals surface area contributed by atoms with Crippen LogP contribution in [-0.2, 0) is 4.74 Å². The van der Waals surface area contributed by atoms with Crippen LogP contribution in [0.15, 0.2) is 12.1 Å². The predicted octanol–water partition coefficient (Wildman–Crippen LogP) is 2.98. The van der Waals surface area contributed by atoms with Gasteiger partial charge in [-0.15, -0.1) is 0 Å². The van der Waals surface area contributed by atoms with Crippen molar-refractivity contribution in [2.24, 2.45) is 11.8 Å². The third-order valence-electron chi connectivity index (χ3n) is 4.59. The van der Waals surface area contributed by atoms with Crippen LogP contribution in [0.25, 0.3) is 0 Å². The van der Waals surface area contributed by atoms with Crippen molar-refractivity contribution in [3.63, 3.8) is 0 Å². The monoisotopic (exact) mass is 291 g/mol. The molecule has 3 unspecified atom stereocenters. The fourth-order valence-electron chi connectivity index (χ4n) is 2.95. The molecule has 0 aromatic heterocycles. The van der Waals surface area contributed by atoms with Gasteiger partial charge in [0, 0.05) is 12.1 Å². The number of rotatable bonds is 2. The summed E-state index contributed by atoms with van der Waals surface area (Å²) in [6.45, 7) is 4.61. The van der Waals surface area contributed by atoms with Crippen molar-refractivity contribution in [2.45, 2.75) is 39.2 Å². The number of nitrogens with two attached hydrogens (primary N) is 1. The van der Waals surface area contributed by atoms with Crippen molar-refractivity contribution in [2.75, 3.05) is 12.5 Å². The molecule has 2 N–H and O–H groups in total. The molecule has 5 heteroatoms. The van der Waals surface area contributed by atoms with E-state index in [0.717, 1.165) is 19.3 Å². The maximum absolute atomic E-state index is 12.3. The summed E-state index contributed by atoms with van der Waals surface area (Å²) in [7, 11) is 0. The number of hydrogen-bond donors (Lipinski definition) is 1. The zero-order chi connectivity index (χ0) is 15.0. The van der Waals surface area contributed by atoms with Gasteiger partial charge in [0.1, 0.15) is 6.10 Å². The first-order chi connectivity index (χ1) is 10.0. The van der Waals surface area contributed by atoms with E-state index in [2.05, 4.69) is 13.8 Å². The average Bonchev–Trinajstić information content (AvgIpc) is 2.89. The molecule has 0 spiro atoms. The number of nitrogen functional groups attached to an aromatic ring is 1. The topological polar surface area (TPSA) is 70.8 Å². The van der Waals surface area contributed by atoms with Crippen LogP contribution in [0.1, 0.15) is 43.5 Å². The maximum atomic E-state index is 12.3. The first-order valence-corrected chi connectivity index (χ1v) is 7.44. The van der Waals surface area contributed by atoms with E-state index in [1.54, 1.807) is 12.1 Å². The summed E-state index contributed by atoms with van der Waals surface area (Å²) in [5, 5.41) is 0. The number of benzene rings is 1. The Labute approximate surface area is 124 Å². The van der Waals surface area contributed by atoms with Crippen LogP contribution in [0.4, 0.5) is 5.69 Å². The lowest BCUT2D eigenvalue weighted by Gasteiger charge is -2.31. The van der Waals surface area contributed by atoms with E-state index >= 15 is 0 Å². The SMILES string of the molecule is CC1CCC(OC(=O)c2cc3c(cc2N)OCO3)CC1C. The van der Waals surface area contributed by atoms with E-state index in [1.165, 1.54) is 0 Å². The summed E-state index contributed by atoms with van der Waals surface area (Å²) in [5.41, 5.74) is 6.63. The molecule has 0 bridgehead atoms. The molecule has 3 rings (SSSR count). The standard InChI is InChI=1S/C16H21NO4/c1-9-3-4-11(5-10(9)2)21-16(18)12-6-14-15(7-13(12)17)20-8-19-14/h6-7,9-11H,3-5,8,17H2,1-2H3. The predicted molar refractivity (Wildman–Crippen MR) is 78.4 cm³/mol. The highest BCUT2D eigenvalue weighted by molar-refractivity contribution is 5.96. The molecule has 0 amide bonds. The molecule has 5 nitrogen and oxygen atoms in total. The minimum absolute atomic E-state index is 0.0199. The van der Waals surface area contributed by atoms with Gasteiger partial charge < -0.3 is 19.9 Å². The van der Waals surface area contributed by atoms with Crippen LogP contribution < -0.4 is 15.2 Å². The van der Waals surface area contributed by atoms with Gasteiger partial charge in [0.2, 0.25) is 6.79 Å². The summed E-state index contributed by atoms with van der Waals surface area (Å²) in [6, 6.07) is 3.22. The Kier molecular flexibility index (Phi) is 3.66. The van der Waals surface area contributed by atoms with E-state index in [1.807, 2.05) is 0 Å². The molecule has 1 aromatic rings. The number of carbonyl (C=O) groups excluding carboxylic acids is 1. The zero-order valence-corrected chi connectivity index (χ0v) is 12.4. The third-order valence-corrected chi connectivity index (χ3v) is 4.59. The van der Waals surface area contributed by atoms with E-state index in [9.17, 15) is 4.79 Å². The first kappa shape index (κ1) is 14.0. The maximum Gasteiger partial charge on any atom is 0.340 e. The van der Waals surface area contributed by atoms with Crippen molar-refractivity contribution < 1.29 is 19.0 Å². The lowest BCUT2D eigenvalue weighted by Crippen LogP contribution is -2.28.